The molecule has 1 N–H and O–H groups in total. The van der Waals surface area contributed by atoms with E-state index in [0.717, 1.165) is 31.1 Å². The Morgan fingerprint density at radius 2 is 2.17 bits per heavy atom. The summed E-state index contributed by atoms with van der Waals surface area (Å²) in [6.07, 6.45) is 6.06. The molecule has 0 bridgehead atoms. The number of hydrogen-bond donors (Lipinski definition) is 1. The number of aromatic nitrogens is 1. The number of non-ortho nitro benzene ring substituents is 1. The zero-order valence-electron chi connectivity index (χ0n) is 13.2. The number of aromatic amines is 1. The van der Waals surface area contributed by atoms with Crippen LogP contribution in [0.25, 0.3) is 10.9 Å². The van der Waals surface area contributed by atoms with Crippen molar-refractivity contribution in [3.8, 4) is 0 Å². The zero-order valence-corrected chi connectivity index (χ0v) is 13.2. The molecule has 1 aromatic carbocycles. The Morgan fingerprint density at radius 1 is 1.33 bits per heavy atom. The SMILES string of the molecule is O=C(c1c[nH]c2cc([N+](=O)[O-])ccc12)N1CCOC2CCCCC21. The van der Waals surface area contributed by atoms with Crippen molar-refractivity contribution in [2.45, 2.75) is 37.8 Å². The highest BCUT2D eigenvalue weighted by Gasteiger charge is 2.37. The minimum Gasteiger partial charge on any atom is -0.374 e. The molecule has 1 aliphatic heterocycles. The quantitative estimate of drug-likeness (QED) is 0.678. The summed E-state index contributed by atoms with van der Waals surface area (Å²) in [4.78, 5) is 28.4. The van der Waals surface area contributed by atoms with E-state index in [4.69, 9.17) is 4.74 Å². The second-order valence-corrected chi connectivity index (χ2v) is 6.45. The molecule has 2 atom stereocenters. The average Bonchev–Trinajstić information content (AvgIpc) is 3.03. The van der Waals surface area contributed by atoms with Crippen LogP contribution in [0.1, 0.15) is 36.0 Å². The number of carbonyl (C=O) groups is 1. The number of nitrogens with one attached hydrogen (secondary N) is 1. The van der Waals surface area contributed by atoms with E-state index in [0.29, 0.717) is 24.2 Å². The zero-order chi connectivity index (χ0) is 16.7. The first-order valence-electron chi connectivity index (χ1n) is 8.33. The number of H-pyrrole nitrogens is 1. The first-order valence-corrected chi connectivity index (χ1v) is 8.33. The van der Waals surface area contributed by atoms with Crippen LogP contribution in [0, 0.1) is 10.1 Å². The van der Waals surface area contributed by atoms with Gasteiger partial charge in [-0.05, 0) is 18.9 Å². The van der Waals surface area contributed by atoms with Gasteiger partial charge in [0.2, 0.25) is 0 Å². The highest BCUT2D eigenvalue weighted by atomic mass is 16.6. The summed E-state index contributed by atoms with van der Waals surface area (Å²) in [6.45, 7) is 1.17. The molecule has 1 aromatic heterocycles. The molecular weight excluding hydrogens is 310 g/mol. The van der Waals surface area contributed by atoms with E-state index in [1.54, 1.807) is 12.3 Å². The number of ether oxygens (including phenoxy) is 1. The van der Waals surface area contributed by atoms with Crippen LogP contribution in [-0.4, -0.2) is 46.0 Å². The first kappa shape index (κ1) is 15.1. The summed E-state index contributed by atoms with van der Waals surface area (Å²) in [6, 6.07) is 4.70. The lowest BCUT2D eigenvalue weighted by molar-refractivity contribution is -0.384. The number of fused-ring (bicyclic) bond motifs is 2. The lowest BCUT2D eigenvalue weighted by Crippen LogP contribution is -2.54. The number of morpholine rings is 1. The van der Waals surface area contributed by atoms with E-state index in [1.165, 1.54) is 12.1 Å². The van der Waals surface area contributed by atoms with Gasteiger partial charge in [-0.1, -0.05) is 12.8 Å². The minimum atomic E-state index is -0.434. The Labute approximate surface area is 138 Å². The molecule has 2 fully saturated rings. The minimum absolute atomic E-state index is 0.0158. The van der Waals surface area contributed by atoms with Crippen LogP contribution in [0.3, 0.4) is 0 Å². The fraction of sp³-hybridized carbons (Fsp3) is 0.471. The highest BCUT2D eigenvalue weighted by Crippen LogP contribution is 2.31. The molecule has 7 nitrogen and oxygen atoms in total. The molecule has 2 heterocycles. The van der Waals surface area contributed by atoms with Crippen LogP contribution in [0.2, 0.25) is 0 Å². The highest BCUT2D eigenvalue weighted by molar-refractivity contribution is 6.07. The lowest BCUT2D eigenvalue weighted by Gasteiger charge is -2.43. The van der Waals surface area contributed by atoms with Gasteiger partial charge in [0.25, 0.3) is 11.6 Å². The smallest absolute Gasteiger partial charge is 0.271 e. The predicted molar refractivity (Wildman–Crippen MR) is 88.0 cm³/mol. The second-order valence-electron chi connectivity index (χ2n) is 6.45. The number of hydrogen-bond acceptors (Lipinski definition) is 4. The molecule has 0 radical (unpaired) electrons. The van der Waals surface area contributed by atoms with Crippen molar-refractivity contribution in [1.29, 1.82) is 0 Å². The van der Waals surface area contributed by atoms with Crippen LogP contribution in [-0.2, 0) is 4.74 Å². The van der Waals surface area contributed by atoms with Gasteiger partial charge >= 0.3 is 0 Å². The van der Waals surface area contributed by atoms with E-state index in [1.807, 2.05) is 4.90 Å². The topological polar surface area (TPSA) is 88.5 Å². The third kappa shape index (κ3) is 2.45. The van der Waals surface area contributed by atoms with Crippen molar-refractivity contribution in [3.63, 3.8) is 0 Å². The monoisotopic (exact) mass is 329 g/mol. The van der Waals surface area contributed by atoms with Gasteiger partial charge in [0, 0.05) is 30.3 Å². The predicted octanol–water partition coefficient (Wildman–Crippen LogP) is 2.86. The van der Waals surface area contributed by atoms with Crippen LogP contribution in [0.15, 0.2) is 24.4 Å². The van der Waals surface area contributed by atoms with Gasteiger partial charge < -0.3 is 14.6 Å². The molecule has 24 heavy (non-hydrogen) atoms. The van der Waals surface area contributed by atoms with Gasteiger partial charge in [-0.15, -0.1) is 0 Å². The van der Waals surface area contributed by atoms with Crippen LogP contribution in [0.5, 0.6) is 0 Å². The molecule has 4 rings (SSSR count). The molecule has 7 heteroatoms. The molecule has 1 saturated carbocycles. The maximum atomic E-state index is 13.1. The van der Waals surface area contributed by atoms with Crippen LogP contribution in [0.4, 0.5) is 5.69 Å². The Kier molecular flexibility index (Phi) is 3.72. The molecule has 1 aliphatic carbocycles. The van der Waals surface area contributed by atoms with Crippen molar-refractivity contribution in [1.82, 2.24) is 9.88 Å². The number of nitro benzene ring substituents is 1. The number of carbonyl (C=O) groups excluding carboxylic acids is 1. The van der Waals surface area contributed by atoms with Gasteiger partial charge in [0.1, 0.15) is 0 Å². The second kappa shape index (κ2) is 5.90. The van der Waals surface area contributed by atoms with E-state index in [-0.39, 0.29) is 23.7 Å². The molecule has 1 amide bonds. The van der Waals surface area contributed by atoms with Crippen molar-refractivity contribution in [3.05, 3.63) is 40.1 Å². The Morgan fingerprint density at radius 3 is 3.00 bits per heavy atom. The fourth-order valence-electron chi connectivity index (χ4n) is 3.91. The summed E-state index contributed by atoms with van der Waals surface area (Å²) < 4.78 is 5.83. The standard InChI is InChI=1S/C17H19N3O4/c21-17(19-7-8-24-16-4-2-1-3-15(16)19)13-10-18-14-9-11(20(22)23)5-6-12(13)14/h5-6,9-10,15-16,18H,1-4,7-8H2. The fourth-order valence-corrected chi connectivity index (χ4v) is 3.91. The molecule has 126 valence electrons. The van der Waals surface area contributed by atoms with Gasteiger partial charge in [-0.2, -0.15) is 0 Å². The molecule has 2 unspecified atom stereocenters. The van der Waals surface area contributed by atoms with Crippen molar-refractivity contribution < 1.29 is 14.5 Å². The number of benzene rings is 1. The number of nitro groups is 1. The summed E-state index contributed by atoms with van der Waals surface area (Å²) in [5, 5.41) is 11.6. The summed E-state index contributed by atoms with van der Waals surface area (Å²) in [5.41, 5.74) is 1.20. The Bertz CT molecular complexity index is 798. The van der Waals surface area contributed by atoms with Crippen LogP contribution >= 0.6 is 0 Å². The van der Waals surface area contributed by atoms with Gasteiger partial charge in [-0.3, -0.25) is 14.9 Å². The summed E-state index contributed by atoms with van der Waals surface area (Å²) >= 11 is 0. The Hall–Kier alpha value is -2.41. The van der Waals surface area contributed by atoms with Crippen molar-refractivity contribution in [2.24, 2.45) is 0 Å². The number of nitrogens with zero attached hydrogens (tertiary/aromatic N) is 2. The Balaban J connectivity index is 1.66. The molecule has 0 spiro atoms. The molecular formula is C17H19N3O4. The third-order valence-corrected chi connectivity index (χ3v) is 5.10. The maximum Gasteiger partial charge on any atom is 0.271 e. The summed E-state index contributed by atoms with van der Waals surface area (Å²) in [5.74, 6) is -0.0182. The summed E-state index contributed by atoms with van der Waals surface area (Å²) in [7, 11) is 0. The van der Waals surface area contributed by atoms with Crippen molar-refractivity contribution >= 4 is 22.5 Å². The largest absolute Gasteiger partial charge is 0.374 e. The van der Waals surface area contributed by atoms with Gasteiger partial charge in [0.15, 0.2) is 0 Å². The maximum absolute atomic E-state index is 13.1. The molecule has 1 saturated heterocycles. The van der Waals surface area contributed by atoms with Gasteiger partial charge in [0.05, 0.1) is 34.8 Å². The lowest BCUT2D eigenvalue weighted by atomic mass is 9.89. The normalized spacial score (nSPS) is 23.9. The first-order chi connectivity index (χ1) is 11.6. The number of amides is 1. The van der Waals surface area contributed by atoms with E-state index in [9.17, 15) is 14.9 Å². The van der Waals surface area contributed by atoms with Crippen molar-refractivity contribution in [2.75, 3.05) is 13.2 Å². The van der Waals surface area contributed by atoms with E-state index >= 15 is 0 Å². The molecule has 2 aromatic rings. The third-order valence-electron chi connectivity index (χ3n) is 5.10. The molecule has 2 aliphatic rings. The van der Waals surface area contributed by atoms with Crippen LogP contribution < -0.4 is 0 Å². The van der Waals surface area contributed by atoms with E-state index in [2.05, 4.69) is 4.98 Å². The number of rotatable bonds is 2. The average molecular weight is 329 g/mol. The van der Waals surface area contributed by atoms with Gasteiger partial charge in [-0.25, -0.2) is 0 Å². The van der Waals surface area contributed by atoms with E-state index < -0.39 is 4.92 Å².